The maximum Gasteiger partial charge on any atom is 0.241 e. The first-order valence-electron chi connectivity index (χ1n) is 7.90. The van der Waals surface area contributed by atoms with Gasteiger partial charge < -0.3 is 16.8 Å². The van der Waals surface area contributed by atoms with Crippen LogP contribution in [0.3, 0.4) is 0 Å². The topological polar surface area (TPSA) is 99.0 Å². The van der Waals surface area contributed by atoms with Gasteiger partial charge >= 0.3 is 0 Å². The predicted molar refractivity (Wildman–Crippen MR) is 96.1 cm³/mol. The predicted octanol–water partition coefficient (Wildman–Crippen LogP) is 1.95. The number of anilines is 1. The van der Waals surface area contributed by atoms with Crippen molar-refractivity contribution < 1.29 is 4.79 Å². The van der Waals surface area contributed by atoms with Crippen molar-refractivity contribution >= 4 is 22.5 Å². The molecule has 3 rings (SSSR count). The van der Waals surface area contributed by atoms with Crippen LogP contribution >= 0.6 is 0 Å². The first kappa shape index (κ1) is 16.2. The molecule has 0 aliphatic rings. The third kappa shape index (κ3) is 3.29. The van der Waals surface area contributed by atoms with Crippen LogP contribution in [0.25, 0.3) is 16.6 Å². The highest BCUT2D eigenvalue weighted by atomic mass is 16.2. The van der Waals surface area contributed by atoms with Gasteiger partial charge in [-0.1, -0.05) is 12.1 Å². The molecule has 2 aromatic carbocycles. The molecule has 6 heteroatoms. The molecule has 0 aliphatic carbocycles. The molecule has 0 aliphatic heterocycles. The monoisotopic (exact) mass is 323 g/mol. The van der Waals surface area contributed by atoms with E-state index in [1.807, 2.05) is 54.2 Å². The molecule has 0 radical (unpaired) electrons. The lowest BCUT2D eigenvalue weighted by Gasteiger charge is -2.11. The van der Waals surface area contributed by atoms with Crippen molar-refractivity contribution in [1.82, 2.24) is 9.78 Å². The van der Waals surface area contributed by atoms with Crippen molar-refractivity contribution in [3.05, 3.63) is 54.2 Å². The summed E-state index contributed by atoms with van der Waals surface area (Å²) in [4.78, 5) is 12.1. The lowest BCUT2D eigenvalue weighted by molar-refractivity contribution is -0.117. The number of fused-ring (bicyclic) bond motifs is 1. The number of nitrogens with one attached hydrogen (secondary N) is 1. The molecule has 1 amide bonds. The third-order valence-corrected chi connectivity index (χ3v) is 3.90. The summed E-state index contributed by atoms with van der Waals surface area (Å²) in [5.74, 6) is -0.235. The molecule has 0 saturated carbocycles. The van der Waals surface area contributed by atoms with Gasteiger partial charge in [0.2, 0.25) is 5.91 Å². The number of benzene rings is 2. The zero-order chi connectivity index (χ0) is 17.1. The van der Waals surface area contributed by atoms with Crippen LogP contribution in [-0.4, -0.2) is 28.3 Å². The number of carbonyl (C=O) groups is 1. The second-order valence-electron chi connectivity index (χ2n) is 5.84. The van der Waals surface area contributed by atoms with E-state index in [0.29, 0.717) is 18.7 Å². The summed E-state index contributed by atoms with van der Waals surface area (Å²) in [6.07, 6.45) is 2.26. The zero-order valence-corrected chi connectivity index (χ0v) is 13.6. The quantitative estimate of drug-likeness (QED) is 0.668. The van der Waals surface area contributed by atoms with Crippen molar-refractivity contribution in [1.29, 1.82) is 0 Å². The van der Waals surface area contributed by atoms with Gasteiger partial charge in [-0.05, 0) is 55.8 Å². The van der Waals surface area contributed by atoms with Crippen molar-refractivity contribution in [2.24, 2.45) is 11.5 Å². The van der Waals surface area contributed by atoms with E-state index in [2.05, 4.69) is 16.5 Å². The van der Waals surface area contributed by atoms with Gasteiger partial charge in [0.25, 0.3) is 0 Å². The van der Waals surface area contributed by atoms with E-state index in [1.54, 1.807) is 0 Å². The first-order chi connectivity index (χ1) is 11.6. The first-order valence-corrected chi connectivity index (χ1v) is 7.90. The van der Waals surface area contributed by atoms with E-state index in [-0.39, 0.29) is 5.91 Å². The fourth-order valence-corrected chi connectivity index (χ4v) is 2.61. The second-order valence-corrected chi connectivity index (χ2v) is 5.84. The normalized spacial score (nSPS) is 12.3. The Kier molecular flexibility index (Phi) is 4.59. The fraction of sp³-hybridized carbons (Fsp3) is 0.222. The number of carbonyl (C=O) groups excluding carboxylic acids is 1. The van der Waals surface area contributed by atoms with Crippen molar-refractivity contribution in [3.63, 3.8) is 0 Å². The molecule has 0 spiro atoms. The number of hydrogen-bond donors (Lipinski definition) is 3. The van der Waals surface area contributed by atoms with E-state index in [9.17, 15) is 4.79 Å². The average molecular weight is 323 g/mol. The summed E-state index contributed by atoms with van der Waals surface area (Å²) >= 11 is 0. The molecule has 0 fully saturated rings. The fourth-order valence-electron chi connectivity index (χ4n) is 2.61. The summed E-state index contributed by atoms with van der Waals surface area (Å²) in [6.45, 7) is 2.42. The van der Waals surface area contributed by atoms with Gasteiger partial charge in [0.1, 0.15) is 0 Å². The largest absolute Gasteiger partial charge is 0.330 e. The molecule has 0 saturated heterocycles. The summed E-state index contributed by atoms with van der Waals surface area (Å²) < 4.78 is 1.86. The molecule has 1 aromatic heterocycles. The Balaban J connectivity index is 1.93. The summed E-state index contributed by atoms with van der Waals surface area (Å²) in [5, 5.41) is 8.29. The maximum atomic E-state index is 12.1. The highest BCUT2D eigenvalue weighted by molar-refractivity contribution is 5.96. The Morgan fingerprint density at radius 1 is 1.29 bits per heavy atom. The molecule has 5 N–H and O–H groups in total. The minimum atomic E-state index is -0.604. The van der Waals surface area contributed by atoms with E-state index < -0.39 is 6.04 Å². The standard InChI is InChI=1S/C18H21N5O/c1-12-3-2-4-15(9-12)23-17-10-14(6-5-13(17)11-21-23)22-18(24)16(20)7-8-19/h2-6,9-11,16H,7-8,19-20H2,1H3,(H,22,24)/t16-/m0/s1. The van der Waals surface area contributed by atoms with Gasteiger partial charge in [0.05, 0.1) is 23.4 Å². The van der Waals surface area contributed by atoms with Gasteiger partial charge in [-0.15, -0.1) is 0 Å². The Morgan fingerprint density at radius 3 is 2.88 bits per heavy atom. The summed E-state index contributed by atoms with van der Waals surface area (Å²) in [5.41, 5.74) is 15.0. The van der Waals surface area contributed by atoms with Crippen molar-refractivity contribution in [3.8, 4) is 5.69 Å². The minimum Gasteiger partial charge on any atom is -0.330 e. The van der Waals surface area contributed by atoms with E-state index in [0.717, 1.165) is 22.2 Å². The number of rotatable bonds is 5. The summed E-state index contributed by atoms with van der Waals surface area (Å²) in [6, 6.07) is 13.2. The van der Waals surface area contributed by atoms with Crippen molar-refractivity contribution in [2.45, 2.75) is 19.4 Å². The lowest BCUT2D eigenvalue weighted by atomic mass is 10.2. The molecule has 1 heterocycles. The molecule has 0 bridgehead atoms. The smallest absolute Gasteiger partial charge is 0.241 e. The molecule has 1 atom stereocenters. The van der Waals surface area contributed by atoms with Gasteiger partial charge in [0.15, 0.2) is 0 Å². The van der Waals surface area contributed by atoms with E-state index in [4.69, 9.17) is 11.5 Å². The highest BCUT2D eigenvalue weighted by Crippen LogP contribution is 2.22. The Hall–Kier alpha value is -2.70. The van der Waals surface area contributed by atoms with Crippen LogP contribution in [0.5, 0.6) is 0 Å². The van der Waals surface area contributed by atoms with Gasteiger partial charge in [-0.3, -0.25) is 4.79 Å². The lowest BCUT2D eigenvalue weighted by Crippen LogP contribution is -2.37. The Morgan fingerprint density at radius 2 is 2.12 bits per heavy atom. The number of nitrogens with zero attached hydrogens (tertiary/aromatic N) is 2. The van der Waals surface area contributed by atoms with Crippen LogP contribution in [0.2, 0.25) is 0 Å². The van der Waals surface area contributed by atoms with Gasteiger partial charge in [-0.25, -0.2) is 4.68 Å². The number of amides is 1. The molecule has 24 heavy (non-hydrogen) atoms. The Labute approximate surface area is 140 Å². The SMILES string of the molecule is Cc1cccc(-n2ncc3ccc(NC(=O)[C@@H](N)CCN)cc32)c1. The number of hydrogen-bond acceptors (Lipinski definition) is 4. The van der Waals surface area contributed by atoms with Crippen molar-refractivity contribution in [2.75, 3.05) is 11.9 Å². The zero-order valence-electron chi connectivity index (χ0n) is 13.6. The third-order valence-electron chi connectivity index (χ3n) is 3.90. The molecule has 3 aromatic rings. The molecule has 124 valence electrons. The van der Waals surface area contributed by atoms with Gasteiger partial charge in [-0.2, -0.15) is 5.10 Å². The highest BCUT2D eigenvalue weighted by Gasteiger charge is 2.13. The molecular formula is C18H21N5O. The van der Waals surface area contributed by atoms with Crippen LogP contribution in [0.15, 0.2) is 48.7 Å². The maximum absolute atomic E-state index is 12.1. The van der Waals surface area contributed by atoms with Crippen LogP contribution < -0.4 is 16.8 Å². The molecule has 6 nitrogen and oxygen atoms in total. The summed E-state index contributed by atoms with van der Waals surface area (Å²) in [7, 11) is 0. The van der Waals surface area contributed by atoms with E-state index in [1.165, 1.54) is 0 Å². The minimum absolute atomic E-state index is 0.235. The Bertz CT molecular complexity index is 871. The molecule has 0 unspecified atom stereocenters. The molecular weight excluding hydrogens is 302 g/mol. The van der Waals surface area contributed by atoms with Crippen LogP contribution in [-0.2, 0) is 4.79 Å². The number of nitrogens with two attached hydrogens (primary N) is 2. The van der Waals surface area contributed by atoms with E-state index >= 15 is 0 Å². The number of aryl methyl sites for hydroxylation is 1. The number of aromatic nitrogens is 2. The average Bonchev–Trinajstić information content (AvgIpc) is 2.98. The van der Waals surface area contributed by atoms with Gasteiger partial charge in [0, 0.05) is 11.1 Å². The van der Waals surface area contributed by atoms with Crippen LogP contribution in [0.4, 0.5) is 5.69 Å². The van der Waals surface area contributed by atoms with Crippen LogP contribution in [0, 0.1) is 6.92 Å². The second kappa shape index (κ2) is 6.82. The van der Waals surface area contributed by atoms with Crippen LogP contribution in [0.1, 0.15) is 12.0 Å².